The monoisotopic (exact) mass is 240 g/mol. The Morgan fingerprint density at radius 2 is 1.72 bits per heavy atom. The Kier molecular flexibility index (Phi) is 3.47. The van der Waals surface area contributed by atoms with Gasteiger partial charge in [-0.25, -0.2) is 4.79 Å². The second-order valence-corrected chi connectivity index (χ2v) is 4.60. The van der Waals surface area contributed by atoms with E-state index in [9.17, 15) is 4.79 Å². The second kappa shape index (κ2) is 5.05. The highest BCUT2D eigenvalue weighted by molar-refractivity contribution is 5.87. The second-order valence-electron chi connectivity index (χ2n) is 4.60. The number of aromatic carboxylic acids is 1. The quantitative estimate of drug-likeness (QED) is 0.890. The van der Waals surface area contributed by atoms with E-state index in [2.05, 4.69) is 32.0 Å². The minimum absolute atomic E-state index is 0.344. The Labute approximate surface area is 107 Å². The van der Waals surface area contributed by atoms with Crippen LogP contribution in [0.25, 0.3) is 0 Å². The molecule has 0 fully saturated rings. The molecule has 0 spiro atoms. The maximum absolute atomic E-state index is 10.9. The number of carboxylic acid groups (broad SMARTS) is 1. The van der Waals surface area contributed by atoms with Gasteiger partial charge in [-0.05, 0) is 54.7 Å². The van der Waals surface area contributed by atoms with Crippen LogP contribution in [-0.2, 0) is 6.42 Å². The summed E-state index contributed by atoms with van der Waals surface area (Å²) in [5, 5.41) is 8.96. The lowest BCUT2D eigenvalue weighted by atomic mass is 9.99. The molecule has 2 nitrogen and oxygen atoms in total. The predicted octanol–water partition coefficient (Wildman–Crippen LogP) is 3.59. The summed E-state index contributed by atoms with van der Waals surface area (Å²) in [5.41, 5.74) is 5.12. The summed E-state index contributed by atoms with van der Waals surface area (Å²) in [6.45, 7) is 4.18. The van der Waals surface area contributed by atoms with Gasteiger partial charge in [0, 0.05) is 0 Å². The zero-order valence-corrected chi connectivity index (χ0v) is 10.6. The van der Waals surface area contributed by atoms with Crippen molar-refractivity contribution in [3.63, 3.8) is 0 Å². The summed E-state index contributed by atoms with van der Waals surface area (Å²) < 4.78 is 0. The lowest BCUT2D eigenvalue weighted by Gasteiger charge is -2.06. The molecule has 0 bridgehead atoms. The largest absolute Gasteiger partial charge is 0.478 e. The van der Waals surface area contributed by atoms with Gasteiger partial charge in [-0.2, -0.15) is 0 Å². The number of carbonyl (C=O) groups is 1. The summed E-state index contributed by atoms with van der Waals surface area (Å²) in [7, 11) is 0. The molecule has 92 valence electrons. The molecule has 0 atom stereocenters. The maximum atomic E-state index is 10.9. The van der Waals surface area contributed by atoms with Gasteiger partial charge >= 0.3 is 5.97 Å². The molecular weight excluding hydrogens is 224 g/mol. The molecule has 0 unspecified atom stereocenters. The van der Waals surface area contributed by atoms with E-state index in [1.807, 2.05) is 6.07 Å². The number of carboxylic acids is 1. The number of rotatable bonds is 3. The van der Waals surface area contributed by atoms with Crippen LogP contribution in [0.15, 0.2) is 42.5 Å². The molecule has 2 rings (SSSR count). The standard InChI is InChI=1S/C16H16O2/c1-11-6-7-14(8-12(11)2)9-13-4-3-5-15(10-13)16(17)18/h3-8,10H,9H2,1-2H3,(H,17,18). The smallest absolute Gasteiger partial charge is 0.335 e. The molecule has 18 heavy (non-hydrogen) atoms. The predicted molar refractivity (Wildman–Crippen MR) is 72.1 cm³/mol. The van der Waals surface area contributed by atoms with Crippen molar-refractivity contribution < 1.29 is 9.90 Å². The first-order chi connectivity index (χ1) is 8.56. The Balaban J connectivity index is 2.25. The molecule has 2 aromatic rings. The third-order valence-corrected chi connectivity index (χ3v) is 3.15. The normalized spacial score (nSPS) is 10.3. The van der Waals surface area contributed by atoms with Crippen LogP contribution in [0, 0.1) is 13.8 Å². The van der Waals surface area contributed by atoms with Gasteiger partial charge in [0.25, 0.3) is 0 Å². The Bertz CT molecular complexity index is 585. The molecule has 0 saturated heterocycles. The fourth-order valence-corrected chi connectivity index (χ4v) is 1.96. The molecule has 1 N–H and O–H groups in total. The Morgan fingerprint density at radius 1 is 1.00 bits per heavy atom. The van der Waals surface area contributed by atoms with Crippen molar-refractivity contribution >= 4 is 5.97 Å². The summed E-state index contributed by atoms with van der Waals surface area (Å²) >= 11 is 0. The van der Waals surface area contributed by atoms with E-state index >= 15 is 0 Å². The zero-order chi connectivity index (χ0) is 13.1. The van der Waals surface area contributed by atoms with Gasteiger partial charge in [0.15, 0.2) is 0 Å². The zero-order valence-electron chi connectivity index (χ0n) is 10.6. The van der Waals surface area contributed by atoms with Crippen LogP contribution in [0.3, 0.4) is 0 Å². The van der Waals surface area contributed by atoms with Crippen molar-refractivity contribution in [1.29, 1.82) is 0 Å². The van der Waals surface area contributed by atoms with E-state index in [0.717, 1.165) is 12.0 Å². The van der Waals surface area contributed by atoms with Crippen molar-refractivity contribution in [3.05, 3.63) is 70.3 Å². The van der Waals surface area contributed by atoms with Gasteiger partial charge in [-0.3, -0.25) is 0 Å². The third kappa shape index (κ3) is 2.77. The van der Waals surface area contributed by atoms with Crippen LogP contribution in [-0.4, -0.2) is 11.1 Å². The van der Waals surface area contributed by atoms with Crippen LogP contribution in [0.2, 0.25) is 0 Å². The topological polar surface area (TPSA) is 37.3 Å². The molecule has 0 radical (unpaired) electrons. The van der Waals surface area contributed by atoms with Crippen LogP contribution in [0.5, 0.6) is 0 Å². The van der Waals surface area contributed by atoms with Gasteiger partial charge in [0.2, 0.25) is 0 Å². The van der Waals surface area contributed by atoms with Gasteiger partial charge < -0.3 is 5.11 Å². The van der Waals surface area contributed by atoms with Gasteiger partial charge in [0.1, 0.15) is 0 Å². The average molecular weight is 240 g/mol. The van der Waals surface area contributed by atoms with Crippen molar-refractivity contribution in [2.75, 3.05) is 0 Å². The molecule has 0 aromatic heterocycles. The lowest BCUT2D eigenvalue weighted by Crippen LogP contribution is -1.98. The number of hydrogen-bond acceptors (Lipinski definition) is 1. The van der Waals surface area contributed by atoms with Crippen LogP contribution < -0.4 is 0 Å². The fourth-order valence-electron chi connectivity index (χ4n) is 1.96. The molecule has 0 amide bonds. The van der Waals surface area contributed by atoms with Crippen LogP contribution >= 0.6 is 0 Å². The summed E-state index contributed by atoms with van der Waals surface area (Å²) in [4.78, 5) is 10.9. The van der Waals surface area contributed by atoms with E-state index in [1.165, 1.54) is 16.7 Å². The van der Waals surface area contributed by atoms with Crippen molar-refractivity contribution in [1.82, 2.24) is 0 Å². The van der Waals surface area contributed by atoms with E-state index in [0.29, 0.717) is 5.56 Å². The SMILES string of the molecule is Cc1ccc(Cc2cccc(C(=O)O)c2)cc1C. The Hall–Kier alpha value is -2.09. The van der Waals surface area contributed by atoms with Gasteiger partial charge in [-0.1, -0.05) is 30.3 Å². The summed E-state index contributed by atoms with van der Waals surface area (Å²) in [6.07, 6.45) is 0.766. The van der Waals surface area contributed by atoms with Gasteiger partial charge in [-0.15, -0.1) is 0 Å². The van der Waals surface area contributed by atoms with Crippen molar-refractivity contribution in [2.24, 2.45) is 0 Å². The van der Waals surface area contributed by atoms with Crippen LogP contribution in [0.1, 0.15) is 32.6 Å². The van der Waals surface area contributed by atoms with Crippen LogP contribution in [0.4, 0.5) is 0 Å². The average Bonchev–Trinajstić information content (AvgIpc) is 2.34. The highest BCUT2D eigenvalue weighted by atomic mass is 16.4. The lowest BCUT2D eigenvalue weighted by molar-refractivity contribution is 0.0697. The highest BCUT2D eigenvalue weighted by Crippen LogP contribution is 2.15. The van der Waals surface area contributed by atoms with E-state index < -0.39 is 5.97 Å². The molecule has 0 saturated carbocycles. The molecule has 2 aromatic carbocycles. The first kappa shape index (κ1) is 12.4. The number of hydrogen-bond donors (Lipinski definition) is 1. The molecule has 0 aliphatic carbocycles. The minimum Gasteiger partial charge on any atom is -0.478 e. The van der Waals surface area contributed by atoms with Crippen molar-refractivity contribution in [3.8, 4) is 0 Å². The molecule has 0 aliphatic heterocycles. The molecule has 0 heterocycles. The third-order valence-electron chi connectivity index (χ3n) is 3.15. The molecule has 0 aliphatic rings. The number of aryl methyl sites for hydroxylation is 2. The summed E-state index contributed by atoms with van der Waals surface area (Å²) in [6, 6.07) is 13.5. The van der Waals surface area contributed by atoms with E-state index in [4.69, 9.17) is 5.11 Å². The minimum atomic E-state index is -0.878. The van der Waals surface area contributed by atoms with E-state index in [1.54, 1.807) is 18.2 Å². The maximum Gasteiger partial charge on any atom is 0.335 e. The Morgan fingerprint density at radius 3 is 2.39 bits per heavy atom. The molecule has 2 heteroatoms. The van der Waals surface area contributed by atoms with E-state index in [-0.39, 0.29) is 0 Å². The molecular formula is C16H16O2. The van der Waals surface area contributed by atoms with Gasteiger partial charge in [0.05, 0.1) is 5.56 Å². The number of benzene rings is 2. The fraction of sp³-hybridized carbons (Fsp3) is 0.188. The summed E-state index contributed by atoms with van der Waals surface area (Å²) in [5.74, 6) is -0.878. The highest BCUT2D eigenvalue weighted by Gasteiger charge is 2.04. The first-order valence-corrected chi connectivity index (χ1v) is 5.94. The van der Waals surface area contributed by atoms with Crippen molar-refractivity contribution in [2.45, 2.75) is 20.3 Å². The first-order valence-electron chi connectivity index (χ1n) is 5.94.